The predicted octanol–water partition coefficient (Wildman–Crippen LogP) is 4.81. The Hall–Kier alpha value is -1.72. The number of pyridine rings is 1. The number of nitrogens with one attached hydrogen (secondary N) is 2. The molecule has 0 bridgehead atoms. The van der Waals surface area contributed by atoms with Crippen LogP contribution in [0.4, 0.5) is 0 Å². The average Bonchev–Trinajstić information content (AvgIpc) is 3.33. The van der Waals surface area contributed by atoms with Crippen LogP contribution >= 0.6 is 46.5 Å². The highest BCUT2D eigenvalue weighted by Gasteiger charge is 2.12. The topological polar surface area (TPSA) is 84.0 Å². The van der Waals surface area contributed by atoms with E-state index in [0.29, 0.717) is 29.7 Å². The number of benzene rings is 1. The van der Waals surface area contributed by atoms with E-state index < -0.39 is 9.84 Å². The molecule has 0 spiro atoms. The Morgan fingerprint density at radius 3 is 2.36 bits per heavy atom. The summed E-state index contributed by atoms with van der Waals surface area (Å²) in [7, 11) is -3.57. The maximum Gasteiger partial charge on any atom is 0.203 e. The van der Waals surface area contributed by atoms with Crippen molar-refractivity contribution in [3.63, 3.8) is 0 Å². The molecular formula is C22H25ClN4O2S4. The molecule has 0 aliphatic rings. The van der Waals surface area contributed by atoms with Crippen molar-refractivity contribution >= 4 is 56.3 Å². The molecule has 176 valence electrons. The summed E-state index contributed by atoms with van der Waals surface area (Å²) in [5, 5.41) is 11.4. The SMILES string of the molecule is O=S(=O)(/C=C(\NCCSCc1nccs1)NCCSCc1ncccc1Cl)c1ccccc1. The molecule has 11 heteroatoms. The van der Waals surface area contributed by atoms with Gasteiger partial charge in [0, 0.05) is 53.9 Å². The van der Waals surface area contributed by atoms with E-state index >= 15 is 0 Å². The second-order valence-electron chi connectivity index (χ2n) is 6.71. The van der Waals surface area contributed by atoms with Gasteiger partial charge in [0.2, 0.25) is 9.84 Å². The summed E-state index contributed by atoms with van der Waals surface area (Å²) in [5.41, 5.74) is 0.849. The molecule has 0 radical (unpaired) electrons. The Balaban J connectivity index is 1.52. The number of aromatic nitrogens is 2. The second kappa shape index (κ2) is 13.9. The van der Waals surface area contributed by atoms with Crippen LogP contribution in [0.2, 0.25) is 5.02 Å². The van der Waals surface area contributed by atoms with Gasteiger partial charge in [0.25, 0.3) is 0 Å². The van der Waals surface area contributed by atoms with Crippen molar-refractivity contribution in [2.24, 2.45) is 0 Å². The lowest BCUT2D eigenvalue weighted by molar-refractivity contribution is 0.603. The van der Waals surface area contributed by atoms with Gasteiger partial charge in [0.1, 0.15) is 10.8 Å². The van der Waals surface area contributed by atoms with E-state index in [-0.39, 0.29) is 4.90 Å². The Bertz CT molecular complexity index is 1110. The molecule has 6 nitrogen and oxygen atoms in total. The number of sulfone groups is 1. The fourth-order valence-electron chi connectivity index (χ4n) is 2.67. The van der Waals surface area contributed by atoms with Crippen LogP contribution in [0.15, 0.2) is 76.4 Å². The van der Waals surface area contributed by atoms with Crippen LogP contribution in [-0.4, -0.2) is 43.0 Å². The van der Waals surface area contributed by atoms with E-state index in [9.17, 15) is 8.42 Å². The molecule has 2 heterocycles. The van der Waals surface area contributed by atoms with Gasteiger partial charge in [-0.2, -0.15) is 23.5 Å². The molecule has 0 unspecified atom stereocenters. The van der Waals surface area contributed by atoms with Crippen molar-refractivity contribution in [1.82, 2.24) is 20.6 Å². The highest BCUT2D eigenvalue weighted by atomic mass is 35.5. The zero-order valence-corrected chi connectivity index (χ0v) is 21.8. The van der Waals surface area contributed by atoms with Gasteiger partial charge in [0.05, 0.1) is 21.0 Å². The normalized spacial score (nSPS) is 12.0. The molecular weight excluding hydrogens is 516 g/mol. The molecule has 0 atom stereocenters. The fourth-order valence-corrected chi connectivity index (χ4v) is 6.47. The largest absolute Gasteiger partial charge is 0.370 e. The first-order chi connectivity index (χ1) is 16.0. The number of hydrogen-bond acceptors (Lipinski definition) is 9. The van der Waals surface area contributed by atoms with Crippen molar-refractivity contribution in [1.29, 1.82) is 0 Å². The summed E-state index contributed by atoms with van der Waals surface area (Å²) < 4.78 is 25.6. The van der Waals surface area contributed by atoms with Crippen molar-refractivity contribution in [2.75, 3.05) is 24.6 Å². The van der Waals surface area contributed by atoms with Crippen LogP contribution in [-0.2, 0) is 21.3 Å². The van der Waals surface area contributed by atoms with Gasteiger partial charge in [-0.3, -0.25) is 4.98 Å². The number of rotatable bonds is 14. The number of nitrogens with zero attached hydrogens (tertiary/aromatic N) is 2. The lowest BCUT2D eigenvalue weighted by atomic mass is 10.4. The molecule has 3 aromatic rings. The lowest BCUT2D eigenvalue weighted by Crippen LogP contribution is -2.30. The first-order valence-corrected chi connectivity index (χ1v) is 15.3. The van der Waals surface area contributed by atoms with Gasteiger partial charge in [-0.15, -0.1) is 11.3 Å². The average molecular weight is 541 g/mol. The van der Waals surface area contributed by atoms with Crippen LogP contribution in [0.25, 0.3) is 0 Å². The molecule has 1 aromatic carbocycles. The van der Waals surface area contributed by atoms with Crippen LogP contribution in [0.3, 0.4) is 0 Å². The maximum absolute atomic E-state index is 12.8. The van der Waals surface area contributed by atoms with Gasteiger partial charge < -0.3 is 10.6 Å². The third-order valence-corrected chi connectivity index (χ3v) is 8.97. The van der Waals surface area contributed by atoms with Crippen molar-refractivity contribution in [3.8, 4) is 0 Å². The Labute approximate surface area is 212 Å². The summed E-state index contributed by atoms with van der Waals surface area (Å²) in [5.74, 6) is 3.64. The number of hydrogen-bond donors (Lipinski definition) is 2. The summed E-state index contributed by atoms with van der Waals surface area (Å²) in [6.07, 6.45) is 3.53. The van der Waals surface area contributed by atoms with Gasteiger partial charge in [-0.1, -0.05) is 29.8 Å². The van der Waals surface area contributed by atoms with Crippen molar-refractivity contribution < 1.29 is 8.42 Å². The summed E-state index contributed by atoms with van der Waals surface area (Å²) in [4.78, 5) is 8.83. The lowest BCUT2D eigenvalue weighted by Gasteiger charge is -2.14. The zero-order valence-electron chi connectivity index (χ0n) is 17.8. The zero-order chi connectivity index (χ0) is 23.4. The second-order valence-corrected chi connectivity index (χ2v) is 12.1. The Morgan fingerprint density at radius 1 is 0.970 bits per heavy atom. The summed E-state index contributed by atoms with van der Waals surface area (Å²) in [6, 6.07) is 12.1. The van der Waals surface area contributed by atoms with Crippen LogP contribution < -0.4 is 10.6 Å². The molecule has 2 aromatic heterocycles. The molecule has 3 rings (SSSR count). The minimum absolute atomic E-state index is 0.267. The molecule has 0 fully saturated rings. The third-order valence-electron chi connectivity index (χ3n) is 4.25. The van der Waals surface area contributed by atoms with Crippen LogP contribution in [0, 0.1) is 0 Å². The number of halogens is 1. The molecule has 0 amide bonds. The van der Waals surface area contributed by atoms with E-state index in [1.165, 1.54) is 5.41 Å². The van der Waals surface area contributed by atoms with Gasteiger partial charge >= 0.3 is 0 Å². The van der Waals surface area contributed by atoms with E-state index in [1.54, 1.807) is 77.6 Å². The van der Waals surface area contributed by atoms with Gasteiger partial charge in [0.15, 0.2) is 0 Å². The number of thioether (sulfide) groups is 2. The fraction of sp³-hybridized carbons (Fsp3) is 0.273. The summed E-state index contributed by atoms with van der Waals surface area (Å²) >= 11 is 11.2. The third kappa shape index (κ3) is 9.21. The minimum atomic E-state index is -3.57. The highest BCUT2D eigenvalue weighted by Crippen LogP contribution is 2.18. The quantitative estimate of drug-likeness (QED) is 0.282. The smallest absolute Gasteiger partial charge is 0.203 e. The molecule has 2 N–H and O–H groups in total. The molecule has 0 saturated heterocycles. The first-order valence-electron chi connectivity index (χ1n) is 10.2. The predicted molar refractivity (Wildman–Crippen MR) is 141 cm³/mol. The Morgan fingerprint density at radius 2 is 1.70 bits per heavy atom. The molecule has 0 aliphatic carbocycles. The molecule has 0 aliphatic heterocycles. The standard InChI is InChI=1S/C22H25ClN4O2S4/c23-19-7-4-8-24-20(19)15-30-12-9-25-21(17-33(28,29)18-5-2-1-3-6-18)26-10-13-31-16-22-27-11-14-32-22/h1-8,11,14,17,25-26H,9-10,12-13,15-16H2/b21-17-. The summed E-state index contributed by atoms with van der Waals surface area (Å²) in [6.45, 7) is 1.24. The van der Waals surface area contributed by atoms with Gasteiger partial charge in [-0.25, -0.2) is 13.4 Å². The van der Waals surface area contributed by atoms with Crippen LogP contribution in [0.1, 0.15) is 10.7 Å². The molecule has 0 saturated carbocycles. The van der Waals surface area contributed by atoms with E-state index in [2.05, 4.69) is 20.6 Å². The maximum atomic E-state index is 12.8. The van der Waals surface area contributed by atoms with E-state index in [4.69, 9.17) is 11.6 Å². The number of thiazole rings is 1. The van der Waals surface area contributed by atoms with Crippen molar-refractivity contribution in [3.05, 3.63) is 87.2 Å². The molecule has 33 heavy (non-hydrogen) atoms. The van der Waals surface area contributed by atoms with E-state index in [1.807, 2.05) is 17.5 Å². The monoisotopic (exact) mass is 540 g/mol. The van der Waals surface area contributed by atoms with Crippen LogP contribution in [0.5, 0.6) is 0 Å². The first kappa shape index (κ1) is 25.9. The Kier molecular flexibility index (Phi) is 10.9. The minimum Gasteiger partial charge on any atom is -0.370 e. The van der Waals surface area contributed by atoms with Crippen molar-refractivity contribution in [2.45, 2.75) is 16.4 Å². The highest BCUT2D eigenvalue weighted by molar-refractivity contribution is 7.98. The van der Waals surface area contributed by atoms with E-state index in [0.717, 1.165) is 28.0 Å². The van der Waals surface area contributed by atoms with Gasteiger partial charge in [-0.05, 0) is 24.3 Å².